The molecular formula is C29H48O. The highest BCUT2D eigenvalue weighted by Crippen LogP contribution is 2.78. The van der Waals surface area contributed by atoms with Crippen molar-refractivity contribution in [2.45, 2.75) is 106 Å². The lowest BCUT2D eigenvalue weighted by molar-refractivity contribution is -0.255. The minimum Gasteiger partial charge on any atom is -0.396 e. The third-order valence-electron chi connectivity index (χ3n) is 14.0. The summed E-state index contributed by atoms with van der Waals surface area (Å²) in [5.41, 5.74) is 2.29. The predicted octanol–water partition coefficient (Wildman–Crippen LogP) is 7.64. The molecule has 4 fully saturated rings. The molecule has 0 amide bonds. The molecule has 5 aliphatic rings. The van der Waals surface area contributed by atoms with E-state index in [1.807, 2.05) is 0 Å². The summed E-state index contributed by atoms with van der Waals surface area (Å²) >= 11 is 0. The Balaban J connectivity index is 1.55. The lowest BCUT2D eigenvalue weighted by atomic mass is 9.30. The number of hydrogen-bond acceptors (Lipinski definition) is 1. The van der Waals surface area contributed by atoms with Gasteiger partial charge in [-0.05, 0) is 109 Å². The molecule has 1 nitrogen and oxygen atoms in total. The van der Waals surface area contributed by atoms with E-state index in [0.717, 1.165) is 24.2 Å². The molecule has 4 saturated carbocycles. The van der Waals surface area contributed by atoms with Crippen LogP contribution in [-0.4, -0.2) is 11.7 Å². The van der Waals surface area contributed by atoms with Crippen LogP contribution in [0.25, 0.3) is 0 Å². The van der Waals surface area contributed by atoms with Gasteiger partial charge in [-0.25, -0.2) is 0 Å². The van der Waals surface area contributed by atoms with E-state index in [-0.39, 0.29) is 5.41 Å². The number of allylic oxidation sites excluding steroid dienone is 2. The molecule has 0 radical (unpaired) electrons. The summed E-state index contributed by atoms with van der Waals surface area (Å²) in [5.74, 6) is 3.16. The van der Waals surface area contributed by atoms with Crippen molar-refractivity contribution >= 4 is 0 Å². The molecule has 9 atom stereocenters. The summed E-state index contributed by atoms with van der Waals surface area (Å²) in [4.78, 5) is 0. The number of hydrogen-bond donors (Lipinski definition) is 1. The van der Waals surface area contributed by atoms with Gasteiger partial charge >= 0.3 is 0 Å². The summed E-state index contributed by atoms with van der Waals surface area (Å²) in [7, 11) is 0. The largest absolute Gasteiger partial charge is 0.396 e. The first-order chi connectivity index (χ1) is 13.9. The van der Waals surface area contributed by atoms with Crippen molar-refractivity contribution in [2.24, 2.45) is 56.2 Å². The molecule has 0 bridgehead atoms. The maximum atomic E-state index is 10.4. The van der Waals surface area contributed by atoms with Crippen LogP contribution in [0.5, 0.6) is 0 Å². The van der Waals surface area contributed by atoms with E-state index in [9.17, 15) is 5.11 Å². The third-order valence-corrected chi connectivity index (χ3v) is 14.0. The first-order valence-corrected chi connectivity index (χ1v) is 13.2. The van der Waals surface area contributed by atoms with Crippen LogP contribution in [0.3, 0.4) is 0 Å². The summed E-state index contributed by atoms with van der Waals surface area (Å²) in [6, 6.07) is 0. The maximum Gasteiger partial charge on any atom is 0.0496 e. The second-order valence-corrected chi connectivity index (χ2v) is 14.2. The Hall–Kier alpha value is -0.300. The highest BCUT2D eigenvalue weighted by atomic mass is 16.3. The standard InChI is InChI=1S/C29H48O/c1-20-10-14-26(5)22-11-15-27(6)23-9-8-13-29(23,19-30)18-17-25(27,4)21(22)12-16-28(26,7)24(20,2)3/h8-9,20-23,30H,10-19H2,1-7H3/t20?,21?,22?,23?,25-,26?,27?,28-,29?/m0/s1. The molecule has 7 unspecified atom stereocenters. The number of aliphatic hydroxyl groups is 1. The van der Waals surface area contributed by atoms with E-state index >= 15 is 0 Å². The average Bonchev–Trinajstić information content (AvgIpc) is 3.15. The molecule has 0 heterocycles. The predicted molar refractivity (Wildman–Crippen MR) is 126 cm³/mol. The second kappa shape index (κ2) is 6.18. The normalized spacial score (nSPS) is 59.1. The highest BCUT2D eigenvalue weighted by Gasteiger charge is 2.71. The van der Waals surface area contributed by atoms with Crippen molar-refractivity contribution in [3.05, 3.63) is 12.2 Å². The zero-order chi connectivity index (χ0) is 21.8. The van der Waals surface area contributed by atoms with E-state index < -0.39 is 0 Å². The van der Waals surface area contributed by atoms with Crippen LogP contribution >= 0.6 is 0 Å². The third kappa shape index (κ3) is 2.16. The lowest BCUT2D eigenvalue weighted by Crippen LogP contribution is -2.67. The molecular weight excluding hydrogens is 364 g/mol. The van der Waals surface area contributed by atoms with Gasteiger partial charge in [0.2, 0.25) is 0 Å². The molecule has 0 aromatic heterocycles. The smallest absolute Gasteiger partial charge is 0.0496 e. The van der Waals surface area contributed by atoms with Crippen LogP contribution in [-0.2, 0) is 0 Å². The minimum absolute atomic E-state index is 0.149. The van der Waals surface area contributed by atoms with E-state index in [1.165, 1.54) is 51.4 Å². The Morgan fingerprint density at radius 2 is 1.40 bits per heavy atom. The van der Waals surface area contributed by atoms with Crippen molar-refractivity contribution < 1.29 is 5.11 Å². The topological polar surface area (TPSA) is 20.2 Å². The molecule has 0 aromatic rings. The second-order valence-electron chi connectivity index (χ2n) is 14.2. The molecule has 1 heteroatoms. The number of rotatable bonds is 1. The Labute approximate surface area is 186 Å². The van der Waals surface area contributed by atoms with Crippen LogP contribution in [0.2, 0.25) is 0 Å². The Morgan fingerprint density at radius 3 is 2.10 bits per heavy atom. The first kappa shape index (κ1) is 21.5. The quantitative estimate of drug-likeness (QED) is 0.439. The van der Waals surface area contributed by atoms with Crippen LogP contribution in [0.1, 0.15) is 106 Å². The highest BCUT2D eigenvalue weighted by molar-refractivity contribution is 5.24. The number of aliphatic hydroxyl groups excluding tert-OH is 1. The van der Waals surface area contributed by atoms with Crippen molar-refractivity contribution in [1.82, 2.24) is 0 Å². The van der Waals surface area contributed by atoms with Crippen LogP contribution in [0.15, 0.2) is 12.2 Å². The molecule has 0 spiro atoms. The Bertz CT molecular complexity index is 751. The monoisotopic (exact) mass is 412 g/mol. The number of fused-ring (bicyclic) bond motifs is 7. The summed E-state index contributed by atoms with van der Waals surface area (Å²) < 4.78 is 0. The first-order valence-electron chi connectivity index (χ1n) is 13.2. The molecule has 30 heavy (non-hydrogen) atoms. The van der Waals surface area contributed by atoms with E-state index in [2.05, 4.69) is 60.6 Å². The van der Waals surface area contributed by atoms with Gasteiger partial charge in [0, 0.05) is 12.0 Å². The van der Waals surface area contributed by atoms with Crippen molar-refractivity contribution in [2.75, 3.05) is 6.61 Å². The zero-order valence-corrected chi connectivity index (χ0v) is 21.0. The molecule has 5 rings (SSSR count). The van der Waals surface area contributed by atoms with Crippen molar-refractivity contribution in [3.63, 3.8) is 0 Å². The Morgan fingerprint density at radius 1 is 0.767 bits per heavy atom. The van der Waals surface area contributed by atoms with Gasteiger partial charge in [0.15, 0.2) is 0 Å². The fourth-order valence-corrected chi connectivity index (χ4v) is 10.8. The van der Waals surface area contributed by atoms with Crippen LogP contribution < -0.4 is 0 Å². The van der Waals surface area contributed by atoms with E-state index in [0.29, 0.717) is 39.6 Å². The molecule has 0 aromatic carbocycles. The fourth-order valence-electron chi connectivity index (χ4n) is 10.8. The van der Waals surface area contributed by atoms with Gasteiger partial charge in [0.05, 0.1) is 0 Å². The molecule has 0 aliphatic heterocycles. The van der Waals surface area contributed by atoms with Gasteiger partial charge in [-0.2, -0.15) is 0 Å². The van der Waals surface area contributed by atoms with Crippen LogP contribution in [0.4, 0.5) is 0 Å². The minimum atomic E-state index is 0.149. The van der Waals surface area contributed by atoms with Gasteiger partial charge in [-0.15, -0.1) is 0 Å². The van der Waals surface area contributed by atoms with Crippen molar-refractivity contribution in [3.8, 4) is 0 Å². The average molecular weight is 413 g/mol. The van der Waals surface area contributed by atoms with Crippen molar-refractivity contribution in [1.29, 1.82) is 0 Å². The fraction of sp³-hybridized carbons (Fsp3) is 0.931. The van der Waals surface area contributed by atoms with E-state index in [1.54, 1.807) is 0 Å². The lowest BCUT2D eigenvalue weighted by Gasteiger charge is -2.74. The molecule has 170 valence electrons. The summed E-state index contributed by atoms with van der Waals surface area (Å²) in [6.07, 6.45) is 17.1. The summed E-state index contributed by atoms with van der Waals surface area (Å²) in [5, 5.41) is 10.4. The molecule has 5 aliphatic carbocycles. The van der Waals surface area contributed by atoms with Crippen LogP contribution in [0, 0.1) is 56.2 Å². The molecule has 0 saturated heterocycles. The van der Waals surface area contributed by atoms with Gasteiger partial charge < -0.3 is 5.11 Å². The van der Waals surface area contributed by atoms with E-state index in [4.69, 9.17) is 0 Å². The summed E-state index contributed by atoms with van der Waals surface area (Å²) in [6.45, 7) is 18.8. The van der Waals surface area contributed by atoms with Gasteiger partial charge in [0.25, 0.3) is 0 Å². The Kier molecular flexibility index (Phi) is 4.44. The van der Waals surface area contributed by atoms with Gasteiger partial charge in [-0.1, -0.05) is 60.6 Å². The zero-order valence-electron chi connectivity index (χ0n) is 21.0. The maximum absolute atomic E-state index is 10.4. The molecule has 1 N–H and O–H groups in total. The SMILES string of the molecule is CC1CCC2(C)C3CCC4(C)C5C=CCC5(CO)CC[C@@]4(C)C3CC[C@@]2(C)C1(C)C. The van der Waals surface area contributed by atoms with Gasteiger partial charge in [-0.3, -0.25) is 0 Å². The van der Waals surface area contributed by atoms with Gasteiger partial charge in [0.1, 0.15) is 0 Å².